The van der Waals surface area contributed by atoms with Crippen LogP contribution < -0.4 is 5.32 Å². The molecule has 1 aliphatic carbocycles. The monoisotopic (exact) mass is 309 g/mol. The smallest absolute Gasteiger partial charge is 0.273 e. The quantitative estimate of drug-likeness (QED) is 0.791. The lowest BCUT2D eigenvalue weighted by atomic mass is 9.82. The van der Waals surface area contributed by atoms with Gasteiger partial charge in [0.25, 0.3) is 5.91 Å². The third kappa shape index (κ3) is 3.66. The number of hydrogen-bond donors (Lipinski definition) is 2. The van der Waals surface area contributed by atoms with Crippen molar-refractivity contribution in [1.82, 2.24) is 15.2 Å². The van der Waals surface area contributed by atoms with Crippen LogP contribution >= 0.6 is 0 Å². The maximum atomic E-state index is 12.0. The zero-order chi connectivity index (χ0) is 15.5. The standard InChI is InChI=1S/C15H23N3O4/c1-21-12-2-3-18(7-12)8-14-17-13(9-22-14)15(20)16-6-10-4-11(19)5-10/h9-12,19H,2-8H2,1H3,(H,16,20)/t10?,11?,12-/m0/s1. The Kier molecular flexibility index (Phi) is 4.75. The molecule has 2 N–H and O–H groups in total. The average molecular weight is 309 g/mol. The highest BCUT2D eigenvalue weighted by molar-refractivity contribution is 5.91. The van der Waals surface area contributed by atoms with Crippen LogP contribution in [0.2, 0.25) is 0 Å². The summed E-state index contributed by atoms with van der Waals surface area (Å²) in [6.45, 7) is 3.00. The van der Waals surface area contributed by atoms with E-state index in [-0.39, 0.29) is 18.1 Å². The van der Waals surface area contributed by atoms with Gasteiger partial charge < -0.3 is 19.6 Å². The summed E-state index contributed by atoms with van der Waals surface area (Å²) in [5.74, 6) is 0.717. The first-order valence-corrected chi connectivity index (χ1v) is 7.80. The van der Waals surface area contributed by atoms with E-state index in [4.69, 9.17) is 9.15 Å². The Morgan fingerprint density at radius 2 is 2.41 bits per heavy atom. The van der Waals surface area contributed by atoms with Crippen molar-refractivity contribution in [3.05, 3.63) is 17.8 Å². The number of nitrogens with zero attached hydrogens (tertiary/aromatic N) is 2. The average Bonchev–Trinajstić information content (AvgIpc) is 3.11. The van der Waals surface area contributed by atoms with Gasteiger partial charge in [0.2, 0.25) is 5.89 Å². The van der Waals surface area contributed by atoms with Gasteiger partial charge in [0.15, 0.2) is 5.69 Å². The first-order chi connectivity index (χ1) is 10.6. The molecule has 2 heterocycles. The molecule has 2 fully saturated rings. The molecular weight excluding hydrogens is 286 g/mol. The van der Waals surface area contributed by atoms with Gasteiger partial charge in [-0.3, -0.25) is 9.69 Å². The molecule has 1 saturated heterocycles. The van der Waals surface area contributed by atoms with E-state index in [1.165, 1.54) is 6.26 Å². The van der Waals surface area contributed by atoms with Gasteiger partial charge in [0.1, 0.15) is 6.26 Å². The Balaban J connectivity index is 1.45. The first kappa shape index (κ1) is 15.5. The number of oxazole rings is 1. The van der Waals surface area contributed by atoms with Crippen LogP contribution in [0.15, 0.2) is 10.7 Å². The fraction of sp³-hybridized carbons (Fsp3) is 0.733. The summed E-state index contributed by atoms with van der Waals surface area (Å²) >= 11 is 0. The van der Waals surface area contributed by atoms with Gasteiger partial charge in [0, 0.05) is 26.7 Å². The van der Waals surface area contributed by atoms with Crippen LogP contribution in [-0.2, 0) is 11.3 Å². The second kappa shape index (κ2) is 6.76. The number of methoxy groups -OCH3 is 1. The molecule has 7 heteroatoms. The summed E-state index contributed by atoms with van der Waals surface area (Å²) in [4.78, 5) is 18.4. The number of carbonyl (C=O) groups excluding carboxylic acids is 1. The number of aliphatic hydroxyl groups excluding tert-OH is 1. The van der Waals surface area contributed by atoms with Crippen LogP contribution in [0.1, 0.15) is 35.6 Å². The lowest BCUT2D eigenvalue weighted by molar-refractivity contribution is 0.0419. The van der Waals surface area contributed by atoms with Crippen LogP contribution in [0.5, 0.6) is 0 Å². The number of hydrogen-bond acceptors (Lipinski definition) is 6. The second-order valence-electron chi connectivity index (χ2n) is 6.21. The molecule has 1 saturated carbocycles. The van der Waals surface area contributed by atoms with Crippen molar-refractivity contribution in [2.75, 3.05) is 26.7 Å². The molecule has 3 rings (SSSR count). The minimum absolute atomic E-state index is 0.197. The molecule has 2 aliphatic rings. The summed E-state index contributed by atoms with van der Waals surface area (Å²) in [6.07, 6.45) is 4.02. The summed E-state index contributed by atoms with van der Waals surface area (Å²) < 4.78 is 10.7. The Bertz CT molecular complexity index is 513. The Morgan fingerprint density at radius 3 is 3.09 bits per heavy atom. The Morgan fingerprint density at radius 1 is 1.59 bits per heavy atom. The van der Waals surface area contributed by atoms with Crippen LogP contribution in [0, 0.1) is 5.92 Å². The van der Waals surface area contributed by atoms with Gasteiger partial charge >= 0.3 is 0 Å². The molecule has 0 bridgehead atoms. The lowest BCUT2D eigenvalue weighted by Crippen LogP contribution is -2.38. The molecule has 1 aromatic rings. The molecule has 122 valence electrons. The highest BCUT2D eigenvalue weighted by Crippen LogP contribution is 2.26. The van der Waals surface area contributed by atoms with Gasteiger partial charge in [-0.15, -0.1) is 0 Å². The molecule has 1 atom stereocenters. The molecule has 0 radical (unpaired) electrons. The van der Waals surface area contributed by atoms with E-state index in [1.807, 2.05) is 0 Å². The van der Waals surface area contributed by atoms with E-state index in [9.17, 15) is 9.90 Å². The number of likely N-dealkylation sites (tertiary alicyclic amines) is 1. The third-order valence-electron chi connectivity index (χ3n) is 4.47. The fourth-order valence-corrected chi connectivity index (χ4v) is 3.01. The van der Waals surface area contributed by atoms with Crippen LogP contribution in [-0.4, -0.2) is 59.8 Å². The number of aromatic nitrogens is 1. The number of nitrogens with one attached hydrogen (secondary N) is 1. The third-order valence-corrected chi connectivity index (χ3v) is 4.47. The molecule has 1 amide bonds. The van der Waals surface area contributed by atoms with Crippen molar-refractivity contribution in [2.45, 2.75) is 38.0 Å². The van der Waals surface area contributed by atoms with E-state index < -0.39 is 0 Å². The maximum absolute atomic E-state index is 12.0. The van der Waals surface area contributed by atoms with Crippen molar-refractivity contribution in [3.63, 3.8) is 0 Å². The van der Waals surface area contributed by atoms with E-state index >= 15 is 0 Å². The number of aliphatic hydroxyl groups is 1. The molecule has 1 aromatic heterocycles. The molecular formula is C15H23N3O4. The van der Waals surface area contributed by atoms with E-state index in [2.05, 4.69) is 15.2 Å². The lowest BCUT2D eigenvalue weighted by Gasteiger charge is -2.31. The predicted molar refractivity (Wildman–Crippen MR) is 78.3 cm³/mol. The minimum Gasteiger partial charge on any atom is -0.447 e. The van der Waals surface area contributed by atoms with Gasteiger partial charge in [0.05, 0.1) is 18.8 Å². The van der Waals surface area contributed by atoms with Gasteiger partial charge in [-0.25, -0.2) is 4.98 Å². The molecule has 1 aliphatic heterocycles. The van der Waals surface area contributed by atoms with E-state index in [0.717, 1.165) is 32.4 Å². The molecule has 22 heavy (non-hydrogen) atoms. The van der Waals surface area contributed by atoms with Gasteiger partial charge in [-0.1, -0.05) is 0 Å². The van der Waals surface area contributed by atoms with E-state index in [0.29, 0.717) is 30.6 Å². The Labute approximate surface area is 129 Å². The second-order valence-corrected chi connectivity index (χ2v) is 6.21. The minimum atomic E-state index is -0.215. The highest BCUT2D eigenvalue weighted by atomic mass is 16.5. The van der Waals surface area contributed by atoms with Crippen LogP contribution in [0.25, 0.3) is 0 Å². The van der Waals surface area contributed by atoms with Crippen molar-refractivity contribution in [1.29, 1.82) is 0 Å². The normalized spacial score (nSPS) is 28.5. The van der Waals surface area contributed by atoms with Crippen molar-refractivity contribution >= 4 is 5.91 Å². The van der Waals surface area contributed by atoms with Crippen LogP contribution in [0.3, 0.4) is 0 Å². The molecule has 0 unspecified atom stereocenters. The van der Waals surface area contributed by atoms with Gasteiger partial charge in [-0.05, 0) is 25.2 Å². The van der Waals surface area contributed by atoms with Crippen LogP contribution in [0.4, 0.5) is 0 Å². The summed E-state index contributed by atoms with van der Waals surface area (Å²) in [6, 6.07) is 0. The molecule has 0 spiro atoms. The molecule has 0 aromatic carbocycles. The fourth-order valence-electron chi connectivity index (χ4n) is 3.01. The van der Waals surface area contributed by atoms with Crippen molar-refractivity contribution in [3.8, 4) is 0 Å². The molecule has 7 nitrogen and oxygen atoms in total. The number of ether oxygens (including phenoxy) is 1. The summed E-state index contributed by atoms with van der Waals surface area (Å²) in [7, 11) is 1.73. The summed E-state index contributed by atoms with van der Waals surface area (Å²) in [5, 5.41) is 12.1. The van der Waals surface area contributed by atoms with Gasteiger partial charge in [-0.2, -0.15) is 0 Å². The van der Waals surface area contributed by atoms with Crippen molar-refractivity contribution < 1.29 is 19.1 Å². The number of carbonyl (C=O) groups is 1. The number of amides is 1. The zero-order valence-electron chi connectivity index (χ0n) is 12.8. The zero-order valence-corrected chi connectivity index (χ0v) is 12.8. The summed E-state index contributed by atoms with van der Waals surface area (Å²) in [5.41, 5.74) is 0.317. The highest BCUT2D eigenvalue weighted by Gasteiger charge is 2.28. The number of rotatable bonds is 6. The topological polar surface area (TPSA) is 87.8 Å². The SMILES string of the molecule is CO[C@H]1CCN(Cc2nc(C(=O)NCC3CC(O)C3)co2)C1. The van der Waals surface area contributed by atoms with Crippen molar-refractivity contribution in [2.24, 2.45) is 5.92 Å². The maximum Gasteiger partial charge on any atom is 0.273 e. The predicted octanol–water partition coefficient (Wildman–Crippen LogP) is 0.396. The van der Waals surface area contributed by atoms with E-state index in [1.54, 1.807) is 7.11 Å². The first-order valence-electron chi connectivity index (χ1n) is 7.80. The largest absolute Gasteiger partial charge is 0.447 e. The Hall–Kier alpha value is -1.44.